The first-order valence-corrected chi connectivity index (χ1v) is 8.14. The van der Waals surface area contributed by atoms with Crippen LogP contribution in [0.3, 0.4) is 0 Å². The highest BCUT2D eigenvalue weighted by atomic mass is 28.4. The summed E-state index contributed by atoms with van der Waals surface area (Å²) < 4.78 is 11.3. The van der Waals surface area contributed by atoms with E-state index in [1.54, 1.807) is 7.11 Å². The molecule has 3 heteroatoms. The Hall–Kier alpha value is -0.443. The molecule has 0 N–H and O–H groups in total. The maximum atomic E-state index is 6.05. The number of allylic oxidation sites excluding steroid dienone is 1. The molecule has 0 aliphatic carbocycles. The second-order valence-electron chi connectivity index (χ2n) is 3.48. The summed E-state index contributed by atoms with van der Waals surface area (Å²) in [5.74, 6) is 0.727. The van der Waals surface area contributed by atoms with Crippen LogP contribution in [0.15, 0.2) is 12.0 Å². The van der Waals surface area contributed by atoms with Crippen LogP contribution >= 0.6 is 0 Å². The lowest BCUT2D eigenvalue weighted by Gasteiger charge is -2.29. The largest absolute Gasteiger partial charge is 0.519 e. The van der Waals surface area contributed by atoms with Crippen molar-refractivity contribution >= 4 is 8.32 Å². The zero-order valence-corrected chi connectivity index (χ0v) is 11.2. The molecule has 84 valence electrons. The van der Waals surface area contributed by atoms with Crippen LogP contribution in [-0.4, -0.2) is 15.4 Å². The Bertz CT molecular complexity index is 166. The molecule has 14 heavy (non-hydrogen) atoms. The van der Waals surface area contributed by atoms with Crippen molar-refractivity contribution in [3.8, 4) is 0 Å². The Balaban J connectivity index is 4.48. The topological polar surface area (TPSA) is 18.5 Å². The molecule has 0 radical (unpaired) electrons. The maximum Gasteiger partial charge on any atom is 0.260 e. The number of methoxy groups -OCH3 is 1. The summed E-state index contributed by atoms with van der Waals surface area (Å²) in [6, 6.07) is 3.47. The van der Waals surface area contributed by atoms with Gasteiger partial charge in [0.15, 0.2) is 0 Å². The molecule has 0 aromatic rings. The molecule has 0 unspecified atom stereocenters. The molecule has 0 saturated heterocycles. The molecule has 0 atom stereocenters. The molecule has 0 fully saturated rings. The number of rotatable bonds is 7. The van der Waals surface area contributed by atoms with Gasteiger partial charge in [-0.05, 0) is 30.6 Å². The molecule has 0 aromatic carbocycles. The van der Waals surface area contributed by atoms with Gasteiger partial charge in [0, 0.05) is 0 Å². The second kappa shape index (κ2) is 6.93. The second-order valence-corrected chi connectivity index (χ2v) is 8.17. The number of ether oxygens (including phenoxy) is 1. The molecule has 0 aromatic heterocycles. The average Bonchev–Trinajstić information content (AvgIpc) is 2.25. The first kappa shape index (κ1) is 13.6. The summed E-state index contributed by atoms with van der Waals surface area (Å²) in [7, 11) is 0.150. The van der Waals surface area contributed by atoms with Gasteiger partial charge in [-0.2, -0.15) is 0 Å². The van der Waals surface area contributed by atoms with Crippen LogP contribution in [0.4, 0.5) is 0 Å². The van der Waals surface area contributed by atoms with E-state index in [4.69, 9.17) is 9.16 Å². The Morgan fingerprint density at radius 3 is 1.86 bits per heavy atom. The van der Waals surface area contributed by atoms with Crippen molar-refractivity contribution in [2.24, 2.45) is 0 Å². The minimum atomic E-state index is -1.53. The lowest BCUT2D eigenvalue weighted by Crippen LogP contribution is -2.35. The zero-order chi connectivity index (χ0) is 11.0. The van der Waals surface area contributed by atoms with E-state index in [-0.39, 0.29) is 0 Å². The van der Waals surface area contributed by atoms with Crippen LogP contribution in [0.25, 0.3) is 0 Å². The van der Waals surface area contributed by atoms with Crippen molar-refractivity contribution in [3.05, 3.63) is 12.0 Å². The third-order valence-electron chi connectivity index (χ3n) is 2.82. The fourth-order valence-electron chi connectivity index (χ4n) is 1.51. The maximum absolute atomic E-state index is 6.05. The van der Waals surface area contributed by atoms with E-state index < -0.39 is 8.32 Å². The van der Waals surface area contributed by atoms with E-state index in [1.807, 2.05) is 6.08 Å². The molecule has 2 nitrogen and oxygen atoms in total. The van der Waals surface area contributed by atoms with Crippen LogP contribution < -0.4 is 0 Å². The van der Waals surface area contributed by atoms with Crippen LogP contribution in [0, 0.1) is 0 Å². The highest BCUT2D eigenvalue weighted by molar-refractivity contribution is 6.73. The van der Waals surface area contributed by atoms with Crippen molar-refractivity contribution in [2.75, 3.05) is 7.11 Å². The lowest BCUT2D eigenvalue weighted by molar-refractivity contribution is 0.142. The molecule has 0 spiro atoms. The molecular formula is C11H24O2Si. The van der Waals surface area contributed by atoms with Gasteiger partial charge in [0.05, 0.1) is 7.11 Å². The summed E-state index contributed by atoms with van der Waals surface area (Å²) in [5, 5.41) is 0. The first-order chi connectivity index (χ1) is 6.67. The van der Waals surface area contributed by atoms with Crippen molar-refractivity contribution in [2.45, 2.75) is 52.2 Å². The Labute approximate surface area is 89.4 Å². The molecule has 0 saturated carbocycles. The van der Waals surface area contributed by atoms with Gasteiger partial charge in [-0.15, -0.1) is 0 Å². The van der Waals surface area contributed by atoms with Gasteiger partial charge >= 0.3 is 0 Å². The minimum absolute atomic E-state index is 0.727. The van der Waals surface area contributed by atoms with E-state index in [0.717, 1.165) is 30.5 Å². The lowest BCUT2D eigenvalue weighted by atomic mass is 10.5. The van der Waals surface area contributed by atoms with Crippen LogP contribution in [-0.2, 0) is 9.16 Å². The van der Waals surface area contributed by atoms with Crippen molar-refractivity contribution in [1.29, 1.82) is 0 Å². The Morgan fingerprint density at radius 1 is 1.07 bits per heavy atom. The highest BCUT2D eigenvalue weighted by Crippen LogP contribution is 2.24. The fraction of sp³-hybridized carbons (Fsp3) is 0.818. The summed E-state index contributed by atoms with van der Waals surface area (Å²) in [6.45, 7) is 8.75. The van der Waals surface area contributed by atoms with Crippen molar-refractivity contribution < 1.29 is 9.16 Å². The monoisotopic (exact) mass is 216 g/mol. The summed E-state index contributed by atoms with van der Waals surface area (Å²) >= 11 is 0. The van der Waals surface area contributed by atoms with Crippen LogP contribution in [0.5, 0.6) is 0 Å². The third-order valence-corrected chi connectivity index (χ3v) is 7.32. The van der Waals surface area contributed by atoms with E-state index in [0.29, 0.717) is 0 Å². The highest BCUT2D eigenvalue weighted by Gasteiger charge is 2.31. The molecule has 0 aliphatic rings. The molecule has 0 aliphatic heterocycles. The SMILES string of the molecule is CC/C=C(/OC)O[Si](CC)(CC)CC. The predicted molar refractivity (Wildman–Crippen MR) is 63.7 cm³/mol. The van der Waals surface area contributed by atoms with Crippen LogP contribution in [0.1, 0.15) is 34.1 Å². The quantitative estimate of drug-likeness (QED) is 0.474. The number of hydrogen-bond donors (Lipinski definition) is 0. The van der Waals surface area contributed by atoms with Gasteiger partial charge in [0.2, 0.25) is 0 Å². The molecular weight excluding hydrogens is 192 g/mol. The predicted octanol–water partition coefficient (Wildman–Crippen LogP) is 3.91. The van der Waals surface area contributed by atoms with Gasteiger partial charge in [0.25, 0.3) is 14.3 Å². The number of hydrogen-bond acceptors (Lipinski definition) is 2. The minimum Gasteiger partial charge on any atom is -0.519 e. The van der Waals surface area contributed by atoms with E-state index >= 15 is 0 Å². The van der Waals surface area contributed by atoms with Gasteiger partial charge in [-0.3, -0.25) is 0 Å². The molecule has 0 rings (SSSR count). The van der Waals surface area contributed by atoms with Gasteiger partial charge in [-0.25, -0.2) is 0 Å². The molecule has 0 bridgehead atoms. The standard InChI is InChI=1S/C11H24O2Si/c1-6-10-11(12-5)13-14(7-2,8-3)9-4/h10H,6-9H2,1-5H3/b11-10-. The van der Waals surface area contributed by atoms with E-state index in [2.05, 4.69) is 27.7 Å². The Morgan fingerprint density at radius 2 is 1.57 bits per heavy atom. The van der Waals surface area contributed by atoms with Gasteiger partial charge in [-0.1, -0.05) is 27.7 Å². The van der Waals surface area contributed by atoms with Gasteiger partial charge < -0.3 is 9.16 Å². The summed E-state index contributed by atoms with van der Waals surface area (Å²) in [5.41, 5.74) is 0. The normalized spacial score (nSPS) is 12.8. The van der Waals surface area contributed by atoms with E-state index in [9.17, 15) is 0 Å². The van der Waals surface area contributed by atoms with Crippen molar-refractivity contribution in [1.82, 2.24) is 0 Å². The zero-order valence-electron chi connectivity index (χ0n) is 10.2. The fourth-order valence-corrected chi connectivity index (χ4v) is 4.04. The summed E-state index contributed by atoms with van der Waals surface area (Å²) in [4.78, 5) is 0. The first-order valence-electron chi connectivity index (χ1n) is 5.61. The average molecular weight is 216 g/mol. The smallest absolute Gasteiger partial charge is 0.260 e. The van der Waals surface area contributed by atoms with E-state index in [1.165, 1.54) is 0 Å². The van der Waals surface area contributed by atoms with Crippen molar-refractivity contribution in [3.63, 3.8) is 0 Å². The Kier molecular flexibility index (Phi) is 6.71. The van der Waals surface area contributed by atoms with Gasteiger partial charge in [0.1, 0.15) is 0 Å². The van der Waals surface area contributed by atoms with Crippen LogP contribution in [0.2, 0.25) is 18.1 Å². The molecule has 0 amide bonds. The summed E-state index contributed by atoms with van der Waals surface area (Å²) in [6.07, 6.45) is 2.98. The molecule has 0 heterocycles. The third kappa shape index (κ3) is 3.74.